The quantitative estimate of drug-likeness (QED) is 0.463. The molecule has 0 saturated heterocycles. The van der Waals surface area contributed by atoms with Crippen molar-refractivity contribution in [1.82, 2.24) is 10.2 Å². The van der Waals surface area contributed by atoms with Crippen molar-refractivity contribution >= 4 is 5.69 Å². The number of hydrogen-bond donors (Lipinski definition) is 1. The van der Waals surface area contributed by atoms with Gasteiger partial charge in [0.2, 0.25) is 0 Å². The fraction of sp³-hybridized carbons (Fsp3) is 0.500. The van der Waals surface area contributed by atoms with Crippen LogP contribution in [0, 0.1) is 17.0 Å². The Balaban J connectivity index is 2.54. The zero-order valence-electron chi connectivity index (χ0n) is 10.6. The van der Waals surface area contributed by atoms with Gasteiger partial charge in [0, 0.05) is 31.3 Å². The zero-order valence-corrected chi connectivity index (χ0v) is 10.6. The van der Waals surface area contributed by atoms with Gasteiger partial charge in [0.25, 0.3) is 5.69 Å². The molecule has 0 atom stereocenters. The third-order valence-electron chi connectivity index (χ3n) is 2.54. The minimum absolute atomic E-state index is 0.192. The molecule has 1 aromatic rings. The van der Waals surface area contributed by atoms with Crippen LogP contribution < -0.4 is 5.32 Å². The Morgan fingerprint density at radius 3 is 2.71 bits per heavy atom. The van der Waals surface area contributed by atoms with E-state index in [4.69, 9.17) is 0 Å². The Morgan fingerprint density at radius 1 is 1.41 bits per heavy atom. The lowest BCUT2D eigenvalue weighted by Crippen LogP contribution is -2.26. The second kappa shape index (κ2) is 6.32. The molecule has 5 nitrogen and oxygen atoms in total. The molecule has 0 aliphatic heterocycles. The summed E-state index contributed by atoms with van der Waals surface area (Å²) in [6, 6.07) is 5.35. The summed E-state index contributed by atoms with van der Waals surface area (Å²) in [7, 11) is 4.02. The lowest BCUT2D eigenvalue weighted by molar-refractivity contribution is -0.385. The number of nitrogens with one attached hydrogen (secondary N) is 1. The molecule has 0 bridgehead atoms. The van der Waals surface area contributed by atoms with Crippen molar-refractivity contribution in [1.29, 1.82) is 0 Å². The van der Waals surface area contributed by atoms with Gasteiger partial charge in [-0.05, 0) is 26.6 Å². The molecular formula is C12H19N3O2. The van der Waals surface area contributed by atoms with E-state index in [1.807, 2.05) is 20.2 Å². The highest BCUT2D eigenvalue weighted by Crippen LogP contribution is 2.18. The Hall–Kier alpha value is -1.46. The van der Waals surface area contributed by atoms with Crippen molar-refractivity contribution in [2.75, 3.05) is 27.2 Å². The standard InChI is InChI=1S/C12H19N3O2/c1-10-4-5-11(8-12(10)15(16)17)9-13-6-7-14(2)3/h4-5,8,13H,6-7,9H2,1-3H3. The van der Waals surface area contributed by atoms with Crippen molar-refractivity contribution in [3.63, 3.8) is 0 Å². The van der Waals surface area contributed by atoms with Crippen LogP contribution in [0.3, 0.4) is 0 Å². The van der Waals surface area contributed by atoms with Gasteiger partial charge in [0.05, 0.1) is 4.92 Å². The van der Waals surface area contributed by atoms with E-state index in [9.17, 15) is 10.1 Å². The van der Waals surface area contributed by atoms with Crippen LogP contribution in [0.2, 0.25) is 0 Å². The SMILES string of the molecule is Cc1ccc(CNCCN(C)C)cc1[N+](=O)[O-]. The summed E-state index contributed by atoms with van der Waals surface area (Å²) in [6.07, 6.45) is 0. The van der Waals surface area contributed by atoms with Gasteiger partial charge < -0.3 is 10.2 Å². The normalized spacial score (nSPS) is 10.8. The molecule has 0 radical (unpaired) electrons. The monoisotopic (exact) mass is 237 g/mol. The van der Waals surface area contributed by atoms with E-state index in [1.54, 1.807) is 19.1 Å². The third kappa shape index (κ3) is 4.50. The highest BCUT2D eigenvalue weighted by molar-refractivity contribution is 5.42. The van der Waals surface area contributed by atoms with Crippen molar-refractivity contribution in [3.05, 3.63) is 39.4 Å². The van der Waals surface area contributed by atoms with Gasteiger partial charge in [-0.15, -0.1) is 0 Å². The van der Waals surface area contributed by atoms with E-state index in [2.05, 4.69) is 10.2 Å². The van der Waals surface area contributed by atoms with Gasteiger partial charge in [-0.25, -0.2) is 0 Å². The molecule has 0 spiro atoms. The minimum atomic E-state index is -0.335. The van der Waals surface area contributed by atoms with E-state index in [-0.39, 0.29) is 10.6 Å². The number of benzene rings is 1. The Kier molecular flexibility index (Phi) is 5.06. The largest absolute Gasteiger partial charge is 0.311 e. The molecule has 0 fully saturated rings. The van der Waals surface area contributed by atoms with E-state index < -0.39 is 0 Å². The first-order valence-electron chi connectivity index (χ1n) is 5.60. The maximum Gasteiger partial charge on any atom is 0.272 e. The van der Waals surface area contributed by atoms with E-state index in [0.29, 0.717) is 12.1 Å². The maximum atomic E-state index is 10.8. The molecule has 17 heavy (non-hydrogen) atoms. The Labute approximate surface area is 102 Å². The number of rotatable bonds is 6. The first kappa shape index (κ1) is 13.6. The molecule has 0 heterocycles. The molecule has 1 N–H and O–H groups in total. The molecule has 0 aliphatic carbocycles. The summed E-state index contributed by atoms with van der Waals surface area (Å²) in [6.45, 7) is 4.24. The molecule has 1 aromatic carbocycles. The van der Waals surface area contributed by atoms with Crippen LogP contribution in [0.15, 0.2) is 18.2 Å². The maximum absolute atomic E-state index is 10.8. The third-order valence-corrected chi connectivity index (χ3v) is 2.54. The summed E-state index contributed by atoms with van der Waals surface area (Å²) >= 11 is 0. The molecular weight excluding hydrogens is 218 g/mol. The van der Waals surface area contributed by atoms with Crippen molar-refractivity contribution in [3.8, 4) is 0 Å². The van der Waals surface area contributed by atoms with Gasteiger partial charge in [0.15, 0.2) is 0 Å². The minimum Gasteiger partial charge on any atom is -0.311 e. The van der Waals surface area contributed by atoms with E-state index in [1.165, 1.54) is 0 Å². The second-order valence-corrected chi connectivity index (χ2v) is 4.36. The fourth-order valence-electron chi connectivity index (χ4n) is 1.50. The predicted octanol–water partition coefficient (Wildman–Crippen LogP) is 1.55. The Morgan fingerprint density at radius 2 is 2.12 bits per heavy atom. The smallest absolute Gasteiger partial charge is 0.272 e. The average Bonchev–Trinajstić information content (AvgIpc) is 2.25. The van der Waals surface area contributed by atoms with Crippen LogP contribution in [0.1, 0.15) is 11.1 Å². The number of likely N-dealkylation sites (N-methyl/N-ethyl adjacent to an activating group) is 1. The molecule has 0 saturated carbocycles. The summed E-state index contributed by atoms with van der Waals surface area (Å²) in [5.74, 6) is 0. The van der Waals surface area contributed by atoms with Crippen molar-refractivity contribution in [2.45, 2.75) is 13.5 Å². The topological polar surface area (TPSA) is 58.4 Å². The van der Waals surface area contributed by atoms with Crippen LogP contribution in [-0.4, -0.2) is 37.0 Å². The number of hydrogen-bond acceptors (Lipinski definition) is 4. The highest BCUT2D eigenvalue weighted by Gasteiger charge is 2.10. The van der Waals surface area contributed by atoms with Crippen LogP contribution >= 0.6 is 0 Å². The number of nitro benzene ring substituents is 1. The number of aryl methyl sites for hydroxylation is 1. The van der Waals surface area contributed by atoms with Gasteiger partial charge in [-0.3, -0.25) is 10.1 Å². The first-order valence-corrected chi connectivity index (χ1v) is 5.60. The first-order chi connectivity index (χ1) is 8.00. The summed E-state index contributed by atoms with van der Waals surface area (Å²) in [5, 5.41) is 14.0. The zero-order chi connectivity index (χ0) is 12.8. The lowest BCUT2D eigenvalue weighted by Gasteiger charge is -2.10. The van der Waals surface area contributed by atoms with Crippen molar-refractivity contribution < 1.29 is 4.92 Å². The van der Waals surface area contributed by atoms with Gasteiger partial charge in [-0.2, -0.15) is 0 Å². The van der Waals surface area contributed by atoms with Crippen LogP contribution in [0.5, 0.6) is 0 Å². The van der Waals surface area contributed by atoms with Gasteiger partial charge in [0.1, 0.15) is 0 Å². The molecule has 1 rings (SSSR count). The lowest BCUT2D eigenvalue weighted by atomic mass is 10.1. The molecule has 94 valence electrons. The molecule has 0 aliphatic rings. The Bertz CT molecular complexity index is 391. The van der Waals surface area contributed by atoms with Gasteiger partial charge in [-0.1, -0.05) is 12.1 Å². The predicted molar refractivity (Wildman–Crippen MR) is 68.1 cm³/mol. The van der Waals surface area contributed by atoms with Crippen LogP contribution in [0.4, 0.5) is 5.69 Å². The molecule has 0 unspecified atom stereocenters. The summed E-state index contributed by atoms with van der Waals surface area (Å²) in [4.78, 5) is 12.5. The van der Waals surface area contributed by atoms with E-state index in [0.717, 1.165) is 18.7 Å². The van der Waals surface area contributed by atoms with Gasteiger partial charge >= 0.3 is 0 Å². The van der Waals surface area contributed by atoms with Crippen LogP contribution in [-0.2, 0) is 6.54 Å². The van der Waals surface area contributed by atoms with E-state index >= 15 is 0 Å². The molecule has 5 heteroatoms. The number of nitrogens with zero attached hydrogens (tertiary/aromatic N) is 2. The molecule has 0 aromatic heterocycles. The number of nitro groups is 1. The summed E-state index contributed by atoms with van der Waals surface area (Å²) in [5.41, 5.74) is 1.84. The van der Waals surface area contributed by atoms with Crippen LogP contribution in [0.25, 0.3) is 0 Å². The van der Waals surface area contributed by atoms with Crippen molar-refractivity contribution in [2.24, 2.45) is 0 Å². The second-order valence-electron chi connectivity index (χ2n) is 4.36. The fourth-order valence-corrected chi connectivity index (χ4v) is 1.50. The average molecular weight is 237 g/mol. The summed E-state index contributed by atoms with van der Waals surface area (Å²) < 4.78 is 0. The highest BCUT2D eigenvalue weighted by atomic mass is 16.6. The molecule has 0 amide bonds.